The Morgan fingerprint density at radius 2 is 1.43 bits per heavy atom. The summed E-state index contributed by atoms with van der Waals surface area (Å²) in [5, 5.41) is 52.1. The fraction of sp³-hybridized carbons (Fsp3) is 0.0667. The number of carbonyl (C=O) groups excluding carboxylic acids is 2. The number of Topliss-reactive ketones (excluding diaryl/α,β-unsaturated/α-hetero) is 1. The minimum absolute atomic E-state index is 0.0463. The first-order valence-corrected chi connectivity index (χ1v) is 6.14. The first kappa shape index (κ1) is 18.1. The quantitative estimate of drug-likeness (QED) is 0.201. The Morgan fingerprint density at radius 1 is 0.870 bits per heavy atom. The van der Waals surface area contributed by atoms with Crippen molar-refractivity contribution < 1.29 is 40.2 Å². The van der Waals surface area contributed by atoms with Gasteiger partial charge in [0.1, 0.15) is 0 Å². The minimum atomic E-state index is -3.28. The molecule has 122 valence electrons. The number of aliphatic hydroxyl groups is 3. The molecule has 0 aliphatic carbocycles. The zero-order valence-electron chi connectivity index (χ0n) is 11.6. The molecule has 0 amide bonds. The number of hydrogen-bond donors (Lipinski definition) is 6. The van der Waals surface area contributed by atoms with E-state index in [1.807, 2.05) is 0 Å². The maximum Gasteiger partial charge on any atom is 0.344 e. The van der Waals surface area contributed by atoms with E-state index in [1.54, 1.807) is 18.2 Å². The van der Waals surface area contributed by atoms with E-state index in [9.17, 15) is 9.59 Å². The summed E-state index contributed by atoms with van der Waals surface area (Å²) in [7, 11) is 0. The molecule has 0 aliphatic heterocycles. The number of aldehydes is 1. The second-order valence-corrected chi connectivity index (χ2v) is 4.32. The largest absolute Gasteiger partial charge is 0.504 e. The second kappa shape index (κ2) is 7.36. The zero-order valence-corrected chi connectivity index (χ0v) is 11.6. The standard InChI is InChI=1S/C8H8O4.C7H6O4/c9-7(8(10,11)12)6-4-2-1-3-5-6;8-3-4-1-2-5(9)7(11)6(4)10/h1-5,10-12H;1-3,9-11H. The van der Waals surface area contributed by atoms with Crippen LogP contribution in [0.3, 0.4) is 0 Å². The van der Waals surface area contributed by atoms with Crippen LogP contribution in [-0.2, 0) is 0 Å². The molecule has 0 unspecified atom stereocenters. The molecule has 6 N–H and O–H groups in total. The van der Waals surface area contributed by atoms with E-state index in [-0.39, 0.29) is 11.1 Å². The summed E-state index contributed by atoms with van der Waals surface area (Å²) >= 11 is 0. The van der Waals surface area contributed by atoms with Gasteiger partial charge in [0.25, 0.3) is 5.78 Å². The molecule has 23 heavy (non-hydrogen) atoms. The van der Waals surface area contributed by atoms with Crippen LogP contribution in [0.5, 0.6) is 17.2 Å². The van der Waals surface area contributed by atoms with Crippen molar-refractivity contribution in [3.63, 3.8) is 0 Å². The van der Waals surface area contributed by atoms with Crippen molar-refractivity contribution >= 4 is 12.1 Å². The van der Waals surface area contributed by atoms with Crippen LogP contribution < -0.4 is 0 Å². The van der Waals surface area contributed by atoms with Crippen LogP contribution in [0, 0.1) is 0 Å². The Labute approximate surface area is 130 Å². The fourth-order valence-electron chi connectivity index (χ4n) is 1.46. The van der Waals surface area contributed by atoms with E-state index in [1.165, 1.54) is 18.2 Å². The van der Waals surface area contributed by atoms with Crippen molar-refractivity contribution in [2.24, 2.45) is 0 Å². The molecule has 2 rings (SSSR count). The van der Waals surface area contributed by atoms with Gasteiger partial charge in [-0.05, 0) is 12.1 Å². The summed E-state index contributed by atoms with van der Waals surface area (Å²) in [6.45, 7) is 0. The molecule has 0 bridgehead atoms. The van der Waals surface area contributed by atoms with E-state index >= 15 is 0 Å². The van der Waals surface area contributed by atoms with Gasteiger partial charge in [-0.15, -0.1) is 0 Å². The molecule has 8 heteroatoms. The lowest BCUT2D eigenvalue weighted by molar-refractivity contribution is -0.267. The zero-order chi connectivity index (χ0) is 17.6. The summed E-state index contributed by atoms with van der Waals surface area (Å²) in [4.78, 5) is 21.1. The molecule has 0 heterocycles. The van der Waals surface area contributed by atoms with Crippen molar-refractivity contribution in [1.82, 2.24) is 0 Å². The number of hydrogen-bond acceptors (Lipinski definition) is 8. The summed E-state index contributed by atoms with van der Waals surface area (Å²) in [6.07, 6.45) is 0.383. The van der Waals surface area contributed by atoms with Gasteiger partial charge in [-0.2, -0.15) is 0 Å². The first-order valence-electron chi connectivity index (χ1n) is 6.14. The Balaban J connectivity index is 0.000000231. The fourth-order valence-corrected chi connectivity index (χ4v) is 1.46. The summed E-state index contributed by atoms with van der Waals surface area (Å²) < 4.78 is 0. The van der Waals surface area contributed by atoms with Crippen LogP contribution in [0.4, 0.5) is 0 Å². The molecule has 0 fully saturated rings. The molecule has 2 aromatic carbocycles. The van der Waals surface area contributed by atoms with Gasteiger partial charge in [-0.25, -0.2) is 0 Å². The third kappa shape index (κ3) is 4.78. The van der Waals surface area contributed by atoms with E-state index in [2.05, 4.69) is 0 Å². The Bertz CT molecular complexity index is 689. The maximum atomic E-state index is 10.9. The van der Waals surface area contributed by atoms with E-state index < -0.39 is 29.0 Å². The van der Waals surface area contributed by atoms with E-state index in [0.717, 1.165) is 6.07 Å². The van der Waals surface area contributed by atoms with Crippen molar-refractivity contribution in [1.29, 1.82) is 0 Å². The van der Waals surface area contributed by atoms with Gasteiger partial charge in [0, 0.05) is 5.56 Å². The topological polar surface area (TPSA) is 156 Å². The molecular formula is C15H14O8. The lowest BCUT2D eigenvalue weighted by Gasteiger charge is -2.11. The lowest BCUT2D eigenvalue weighted by atomic mass is 10.1. The smallest absolute Gasteiger partial charge is 0.344 e. The number of phenolic OH excluding ortho intramolecular Hbond substituents is 3. The summed E-state index contributed by atoms with van der Waals surface area (Å²) in [5.74, 6) is -6.13. The average Bonchev–Trinajstić information content (AvgIpc) is 2.53. The Kier molecular flexibility index (Phi) is 5.80. The van der Waals surface area contributed by atoms with Gasteiger partial charge in [0.2, 0.25) is 5.75 Å². The number of ketones is 1. The van der Waals surface area contributed by atoms with E-state index in [4.69, 9.17) is 30.6 Å². The second-order valence-electron chi connectivity index (χ2n) is 4.32. The minimum Gasteiger partial charge on any atom is -0.504 e. The van der Waals surface area contributed by atoms with Gasteiger partial charge in [0.15, 0.2) is 17.8 Å². The van der Waals surface area contributed by atoms with Crippen LogP contribution >= 0.6 is 0 Å². The summed E-state index contributed by atoms with van der Waals surface area (Å²) in [6, 6.07) is 9.86. The van der Waals surface area contributed by atoms with Crippen LogP contribution in [0.2, 0.25) is 0 Å². The third-order valence-corrected chi connectivity index (χ3v) is 2.63. The van der Waals surface area contributed by atoms with Crippen molar-refractivity contribution in [3.8, 4) is 17.2 Å². The van der Waals surface area contributed by atoms with E-state index in [0.29, 0.717) is 6.29 Å². The number of carbonyl (C=O) groups is 2. The molecule has 0 aliphatic rings. The molecule has 0 saturated carbocycles. The number of rotatable bonds is 3. The number of benzene rings is 2. The van der Waals surface area contributed by atoms with Crippen molar-refractivity contribution in [2.45, 2.75) is 5.97 Å². The molecule has 2 aromatic rings. The monoisotopic (exact) mass is 322 g/mol. The lowest BCUT2D eigenvalue weighted by Crippen LogP contribution is -2.37. The molecule has 0 atom stereocenters. The van der Waals surface area contributed by atoms with Gasteiger partial charge in [0.05, 0.1) is 5.56 Å². The van der Waals surface area contributed by atoms with Crippen LogP contribution in [0.1, 0.15) is 20.7 Å². The highest BCUT2D eigenvalue weighted by atomic mass is 16.7. The van der Waals surface area contributed by atoms with Crippen LogP contribution in [0.15, 0.2) is 42.5 Å². The Morgan fingerprint density at radius 3 is 1.91 bits per heavy atom. The summed E-state index contributed by atoms with van der Waals surface area (Å²) in [5.41, 5.74) is -0.00898. The predicted octanol–water partition coefficient (Wildman–Crippen LogP) is 0.116. The highest BCUT2D eigenvalue weighted by Gasteiger charge is 2.30. The third-order valence-electron chi connectivity index (χ3n) is 2.63. The molecular weight excluding hydrogens is 308 g/mol. The number of phenols is 3. The van der Waals surface area contributed by atoms with Gasteiger partial charge in [-0.1, -0.05) is 30.3 Å². The van der Waals surface area contributed by atoms with Gasteiger partial charge in [-0.3, -0.25) is 9.59 Å². The SMILES string of the molecule is O=C(c1ccccc1)C(O)(O)O.O=Cc1ccc(O)c(O)c1O. The van der Waals surface area contributed by atoms with Gasteiger partial charge < -0.3 is 30.6 Å². The normalized spacial score (nSPS) is 10.4. The molecule has 0 saturated heterocycles. The molecule has 8 nitrogen and oxygen atoms in total. The van der Waals surface area contributed by atoms with Crippen LogP contribution in [0.25, 0.3) is 0 Å². The van der Waals surface area contributed by atoms with Crippen LogP contribution in [-0.4, -0.2) is 48.7 Å². The highest BCUT2D eigenvalue weighted by molar-refractivity contribution is 5.99. The Hall–Kier alpha value is -2.94. The van der Waals surface area contributed by atoms with Gasteiger partial charge >= 0.3 is 5.97 Å². The number of aromatic hydroxyl groups is 3. The van der Waals surface area contributed by atoms with Crippen molar-refractivity contribution in [2.75, 3.05) is 0 Å². The predicted molar refractivity (Wildman–Crippen MR) is 77.0 cm³/mol. The molecule has 0 aromatic heterocycles. The first-order chi connectivity index (χ1) is 10.7. The highest BCUT2D eigenvalue weighted by Crippen LogP contribution is 2.35. The van der Waals surface area contributed by atoms with Crippen molar-refractivity contribution in [3.05, 3.63) is 53.6 Å². The molecule has 0 spiro atoms. The molecule has 0 radical (unpaired) electrons. The average molecular weight is 322 g/mol. The maximum absolute atomic E-state index is 10.9.